The Morgan fingerprint density at radius 2 is 1.70 bits per heavy atom. The Kier molecular flexibility index (Phi) is 9.42. The number of nitrogens with one attached hydrogen (secondary N) is 1. The van der Waals surface area contributed by atoms with Crippen molar-refractivity contribution in [3.8, 4) is 5.69 Å². The van der Waals surface area contributed by atoms with Crippen LogP contribution in [0, 0.1) is 0 Å². The number of hydrogen-bond acceptors (Lipinski definition) is 7. The molecule has 224 valence electrons. The Balaban J connectivity index is 1.93. The lowest BCUT2D eigenvalue weighted by molar-refractivity contribution is -0.147. The fourth-order valence-electron chi connectivity index (χ4n) is 4.62. The summed E-state index contributed by atoms with van der Waals surface area (Å²) >= 11 is 12.7. The maximum Gasteiger partial charge on any atom is 0.335 e. The minimum atomic E-state index is -0.847. The van der Waals surface area contributed by atoms with Gasteiger partial charge in [0.15, 0.2) is 5.78 Å². The second kappa shape index (κ2) is 12.8. The van der Waals surface area contributed by atoms with Crippen LogP contribution >= 0.6 is 23.2 Å². The first-order valence-corrected chi connectivity index (χ1v) is 14.1. The van der Waals surface area contributed by atoms with Gasteiger partial charge >= 0.3 is 11.7 Å². The van der Waals surface area contributed by atoms with E-state index in [9.17, 15) is 24.0 Å². The number of hydrogen-bond donors (Lipinski definition) is 1. The predicted octanol–water partition coefficient (Wildman–Crippen LogP) is 4.57. The molecule has 1 amide bonds. The summed E-state index contributed by atoms with van der Waals surface area (Å²) in [6.45, 7) is 5.29. The molecule has 4 rings (SSSR count). The zero-order chi connectivity index (χ0) is 31.6. The summed E-state index contributed by atoms with van der Waals surface area (Å²) in [5.41, 5.74) is 0.226. The lowest BCUT2D eigenvalue weighted by atomic mass is 10.00. The van der Waals surface area contributed by atoms with Crippen LogP contribution in [0.3, 0.4) is 0 Å². The number of anilines is 1. The summed E-state index contributed by atoms with van der Waals surface area (Å²) in [4.78, 5) is 66.3. The lowest BCUT2D eigenvalue weighted by Crippen LogP contribution is -2.38. The Bertz CT molecular complexity index is 1840. The summed E-state index contributed by atoms with van der Waals surface area (Å²) in [5, 5.41) is 3.45. The van der Waals surface area contributed by atoms with Crippen molar-refractivity contribution in [2.24, 2.45) is 7.05 Å². The highest BCUT2D eigenvalue weighted by atomic mass is 35.5. The molecule has 1 aromatic heterocycles. The molecule has 0 unspecified atom stereocenters. The van der Waals surface area contributed by atoms with E-state index in [0.717, 1.165) is 4.57 Å². The minimum absolute atomic E-state index is 0.0196. The number of aryl methyl sites for hydroxylation is 1. The molecule has 1 atom stereocenters. The maximum absolute atomic E-state index is 13.9. The van der Waals surface area contributed by atoms with E-state index in [0.29, 0.717) is 17.5 Å². The summed E-state index contributed by atoms with van der Waals surface area (Å²) in [7, 11) is 3.14. The Morgan fingerprint density at radius 3 is 2.33 bits per heavy atom. The molecule has 10 nitrogen and oxygen atoms in total. The summed E-state index contributed by atoms with van der Waals surface area (Å²) in [6, 6.07) is 13.2. The van der Waals surface area contributed by atoms with Crippen molar-refractivity contribution in [3.05, 3.63) is 102 Å². The highest BCUT2D eigenvalue weighted by Crippen LogP contribution is 2.31. The number of fused-ring (bicyclic) bond motifs is 1. The van der Waals surface area contributed by atoms with E-state index in [1.54, 1.807) is 52.1 Å². The largest absolute Gasteiger partial charge is 0.461 e. The number of esters is 1. The molecule has 3 aromatic carbocycles. The molecule has 1 heterocycles. The average Bonchev–Trinajstić information content (AvgIpc) is 2.96. The van der Waals surface area contributed by atoms with Gasteiger partial charge in [0.1, 0.15) is 6.04 Å². The molecule has 4 aromatic rings. The van der Waals surface area contributed by atoms with Gasteiger partial charge in [-0.15, -0.1) is 0 Å². The van der Waals surface area contributed by atoms with Crippen molar-refractivity contribution < 1.29 is 19.1 Å². The van der Waals surface area contributed by atoms with Crippen molar-refractivity contribution in [1.29, 1.82) is 0 Å². The van der Waals surface area contributed by atoms with Crippen LogP contribution in [0.25, 0.3) is 16.6 Å². The van der Waals surface area contributed by atoms with Gasteiger partial charge in [-0.05, 0) is 68.8 Å². The Labute approximate surface area is 257 Å². The molecule has 0 fully saturated rings. The van der Waals surface area contributed by atoms with Crippen LogP contribution in [0.5, 0.6) is 0 Å². The zero-order valence-corrected chi connectivity index (χ0v) is 25.7. The number of aromatic nitrogens is 2. The number of benzene rings is 3. The predicted molar refractivity (Wildman–Crippen MR) is 167 cm³/mol. The summed E-state index contributed by atoms with van der Waals surface area (Å²) < 4.78 is 7.57. The van der Waals surface area contributed by atoms with Crippen LogP contribution in [0.4, 0.5) is 5.69 Å². The van der Waals surface area contributed by atoms with Crippen LogP contribution in [-0.4, -0.2) is 51.4 Å². The average molecular weight is 626 g/mol. The van der Waals surface area contributed by atoms with Crippen LogP contribution in [0.2, 0.25) is 10.0 Å². The number of ether oxygens (including phenoxy) is 1. The van der Waals surface area contributed by atoms with E-state index >= 15 is 0 Å². The van der Waals surface area contributed by atoms with E-state index in [1.807, 2.05) is 0 Å². The van der Waals surface area contributed by atoms with Gasteiger partial charge < -0.3 is 15.0 Å². The normalized spacial score (nSPS) is 11.8. The Morgan fingerprint density at radius 1 is 1.02 bits per heavy atom. The highest BCUT2D eigenvalue weighted by Gasteiger charge is 2.24. The molecular weight excluding hydrogens is 595 g/mol. The minimum Gasteiger partial charge on any atom is -0.461 e. The fourth-order valence-corrected chi connectivity index (χ4v) is 5.19. The molecule has 43 heavy (non-hydrogen) atoms. The fraction of sp³-hybridized carbons (Fsp3) is 0.258. The van der Waals surface area contributed by atoms with Gasteiger partial charge in [0.25, 0.3) is 5.56 Å². The number of ketones is 1. The maximum atomic E-state index is 13.9. The molecule has 0 spiro atoms. The molecular formula is C31H30Cl2N4O6. The van der Waals surface area contributed by atoms with Crippen molar-refractivity contribution in [1.82, 2.24) is 14.0 Å². The van der Waals surface area contributed by atoms with Gasteiger partial charge in [-0.2, -0.15) is 0 Å². The zero-order valence-electron chi connectivity index (χ0n) is 24.2. The number of carbonyl (C=O) groups excluding carboxylic acids is 3. The molecule has 0 radical (unpaired) electrons. The quantitative estimate of drug-likeness (QED) is 0.156. The van der Waals surface area contributed by atoms with Crippen LogP contribution in [0.1, 0.15) is 42.3 Å². The van der Waals surface area contributed by atoms with E-state index in [-0.39, 0.29) is 50.6 Å². The molecule has 0 saturated heterocycles. The Hall–Kier alpha value is -4.41. The van der Waals surface area contributed by atoms with E-state index in [4.69, 9.17) is 27.9 Å². The van der Waals surface area contributed by atoms with Gasteiger partial charge in [0, 0.05) is 31.9 Å². The molecule has 0 saturated carbocycles. The number of halogens is 2. The molecule has 0 aliphatic rings. The van der Waals surface area contributed by atoms with Crippen molar-refractivity contribution >= 4 is 58.0 Å². The third-order valence-corrected chi connectivity index (χ3v) is 7.35. The topological polar surface area (TPSA) is 120 Å². The lowest BCUT2D eigenvalue weighted by Gasteiger charge is -2.20. The first-order valence-electron chi connectivity index (χ1n) is 13.3. The smallest absolute Gasteiger partial charge is 0.335 e. The summed E-state index contributed by atoms with van der Waals surface area (Å²) in [5.74, 6) is -1.13. The second-order valence-electron chi connectivity index (χ2n) is 10.4. The van der Waals surface area contributed by atoms with Gasteiger partial charge in [-0.1, -0.05) is 35.3 Å². The first kappa shape index (κ1) is 31.5. The first-order chi connectivity index (χ1) is 20.3. The standard InChI is InChI=1S/C31H30Cl2N4O6/c1-17(2)43-30(41)18(3)34-25-11-10-20(14-21(25)28(39)27-23(32)7-6-8-24(27)33)37-29(40)22-13-19(15-35(4)16-38)9-12-26(22)36(5)31(37)42/h6-14,16-18,34H,15H2,1-5H3/t18-/m0/s1. The molecule has 0 aliphatic carbocycles. The monoisotopic (exact) mass is 624 g/mol. The van der Waals surface area contributed by atoms with Crippen LogP contribution < -0.4 is 16.6 Å². The third-order valence-electron chi connectivity index (χ3n) is 6.72. The van der Waals surface area contributed by atoms with Crippen LogP contribution in [-0.2, 0) is 27.9 Å². The van der Waals surface area contributed by atoms with Crippen molar-refractivity contribution in [2.45, 2.75) is 39.5 Å². The molecule has 0 aliphatic heterocycles. The van der Waals surface area contributed by atoms with Gasteiger partial charge in [0.05, 0.1) is 38.3 Å². The second-order valence-corrected chi connectivity index (χ2v) is 11.2. The number of amides is 1. The SMILES string of the molecule is CC(C)OC(=O)[C@H](C)Nc1ccc(-n2c(=O)c3cc(CN(C)C=O)ccc3n(C)c2=O)cc1C(=O)c1c(Cl)cccc1Cl. The van der Waals surface area contributed by atoms with E-state index < -0.39 is 29.0 Å². The van der Waals surface area contributed by atoms with E-state index in [2.05, 4.69) is 5.32 Å². The highest BCUT2D eigenvalue weighted by molar-refractivity contribution is 6.41. The number of carbonyl (C=O) groups is 3. The molecule has 12 heteroatoms. The van der Waals surface area contributed by atoms with Gasteiger partial charge in [0.2, 0.25) is 6.41 Å². The van der Waals surface area contributed by atoms with E-state index in [1.165, 1.54) is 46.8 Å². The number of rotatable bonds is 10. The van der Waals surface area contributed by atoms with Gasteiger partial charge in [-0.25, -0.2) is 14.2 Å². The summed E-state index contributed by atoms with van der Waals surface area (Å²) in [6.07, 6.45) is 0.323. The van der Waals surface area contributed by atoms with Crippen LogP contribution in [0.15, 0.2) is 64.2 Å². The molecule has 1 N–H and O–H groups in total. The van der Waals surface area contributed by atoms with Crippen molar-refractivity contribution in [2.75, 3.05) is 12.4 Å². The third kappa shape index (κ3) is 6.50. The van der Waals surface area contributed by atoms with Crippen molar-refractivity contribution in [3.63, 3.8) is 0 Å². The number of nitrogens with zero attached hydrogens (tertiary/aromatic N) is 3. The van der Waals surface area contributed by atoms with Gasteiger partial charge in [-0.3, -0.25) is 19.0 Å². The molecule has 0 bridgehead atoms.